The molecule has 7 nitrogen and oxygen atoms in total. The van der Waals surface area contributed by atoms with Crippen LogP contribution in [0.3, 0.4) is 0 Å². The quantitative estimate of drug-likeness (QED) is 0.555. The van der Waals surface area contributed by atoms with Crippen LogP contribution in [0.4, 0.5) is 0 Å². The summed E-state index contributed by atoms with van der Waals surface area (Å²) in [6.45, 7) is 3.86. The van der Waals surface area contributed by atoms with Gasteiger partial charge in [0.1, 0.15) is 11.3 Å². The number of fused-ring (bicyclic) bond motifs is 1. The van der Waals surface area contributed by atoms with Crippen LogP contribution in [0.25, 0.3) is 17.2 Å². The Morgan fingerprint density at radius 1 is 1.15 bits per heavy atom. The van der Waals surface area contributed by atoms with Crippen LogP contribution in [0.5, 0.6) is 0 Å². The molecule has 7 heteroatoms. The average Bonchev–Trinajstić information content (AvgIpc) is 3.41. The Labute approximate surface area is 156 Å². The first-order chi connectivity index (χ1) is 13.3. The summed E-state index contributed by atoms with van der Waals surface area (Å²) in [5.41, 5.74) is 3.98. The molecule has 5 rings (SSSR count). The third-order valence-corrected chi connectivity index (χ3v) is 5.00. The molecule has 0 amide bonds. The molecule has 0 radical (unpaired) electrons. The van der Waals surface area contributed by atoms with E-state index in [1.807, 2.05) is 18.2 Å². The lowest BCUT2D eigenvalue weighted by molar-refractivity contribution is 0.199. The van der Waals surface area contributed by atoms with E-state index >= 15 is 0 Å². The maximum atomic E-state index is 5.58. The first-order valence-corrected chi connectivity index (χ1v) is 9.19. The molecular formula is C20H20N6O. The van der Waals surface area contributed by atoms with Crippen LogP contribution in [0.2, 0.25) is 0 Å². The summed E-state index contributed by atoms with van der Waals surface area (Å²) in [6.07, 6.45) is 8.06. The van der Waals surface area contributed by atoms with E-state index in [-0.39, 0.29) is 6.04 Å². The van der Waals surface area contributed by atoms with Crippen molar-refractivity contribution < 1.29 is 4.52 Å². The van der Waals surface area contributed by atoms with Crippen LogP contribution in [0, 0.1) is 6.92 Å². The highest BCUT2D eigenvalue weighted by molar-refractivity contribution is 5.47. The lowest BCUT2D eigenvalue weighted by Gasteiger charge is -2.19. The van der Waals surface area contributed by atoms with Crippen molar-refractivity contribution in [1.29, 1.82) is 0 Å². The minimum atomic E-state index is 0.126. The molecule has 0 saturated carbocycles. The van der Waals surface area contributed by atoms with Gasteiger partial charge in [0.05, 0.1) is 11.7 Å². The number of aryl methyl sites for hydroxylation is 1. The molecule has 136 valence electrons. The lowest BCUT2D eigenvalue weighted by atomic mass is 10.2. The molecule has 0 spiro atoms. The summed E-state index contributed by atoms with van der Waals surface area (Å²) < 4.78 is 7.66. The van der Waals surface area contributed by atoms with Crippen LogP contribution in [-0.2, 0) is 6.54 Å². The van der Waals surface area contributed by atoms with Gasteiger partial charge in [-0.3, -0.25) is 9.88 Å². The Morgan fingerprint density at radius 2 is 2.11 bits per heavy atom. The second kappa shape index (κ2) is 6.59. The van der Waals surface area contributed by atoms with Crippen LogP contribution < -0.4 is 0 Å². The predicted octanol–water partition coefficient (Wildman–Crippen LogP) is 3.42. The highest BCUT2D eigenvalue weighted by Gasteiger charge is 2.31. The molecule has 1 unspecified atom stereocenters. The fraction of sp³-hybridized carbons (Fsp3) is 0.300. The molecule has 1 aliphatic heterocycles. The Morgan fingerprint density at radius 3 is 3.00 bits per heavy atom. The molecular weight excluding hydrogens is 340 g/mol. The van der Waals surface area contributed by atoms with Crippen LogP contribution in [0.1, 0.15) is 36.0 Å². The SMILES string of the molecule is Cc1ccc2nc(CN3CCCC3c3nc(-c4ccccn4)no3)cn2c1. The van der Waals surface area contributed by atoms with E-state index in [1.54, 1.807) is 6.20 Å². The van der Waals surface area contributed by atoms with Crippen LogP contribution in [0.15, 0.2) is 53.4 Å². The second-order valence-electron chi connectivity index (χ2n) is 7.00. The fourth-order valence-electron chi connectivity index (χ4n) is 3.70. The maximum absolute atomic E-state index is 5.58. The van der Waals surface area contributed by atoms with Gasteiger partial charge in [-0.05, 0) is 50.1 Å². The smallest absolute Gasteiger partial charge is 0.244 e. The van der Waals surface area contributed by atoms with Crippen molar-refractivity contribution in [3.05, 3.63) is 66.1 Å². The standard InChI is InChI=1S/C20H20N6O/c1-14-7-8-18-22-15(13-26(18)11-14)12-25-10-4-6-17(25)20-23-19(24-27-20)16-5-2-3-9-21-16/h2-3,5,7-9,11,13,17H,4,6,10,12H2,1H3. The zero-order chi connectivity index (χ0) is 18.2. The molecule has 27 heavy (non-hydrogen) atoms. The number of pyridine rings is 2. The van der Waals surface area contributed by atoms with Gasteiger partial charge in [0.25, 0.3) is 0 Å². The monoisotopic (exact) mass is 360 g/mol. The molecule has 0 bridgehead atoms. The summed E-state index contributed by atoms with van der Waals surface area (Å²) >= 11 is 0. The number of rotatable bonds is 4. The second-order valence-corrected chi connectivity index (χ2v) is 7.00. The van der Waals surface area contributed by atoms with Gasteiger partial charge in [-0.1, -0.05) is 17.3 Å². The summed E-state index contributed by atoms with van der Waals surface area (Å²) in [5, 5.41) is 4.12. The van der Waals surface area contributed by atoms with E-state index in [0.29, 0.717) is 11.7 Å². The molecule has 5 heterocycles. The molecule has 1 atom stereocenters. The van der Waals surface area contributed by atoms with Gasteiger partial charge in [-0.25, -0.2) is 4.98 Å². The molecule has 1 fully saturated rings. The van der Waals surface area contributed by atoms with Crippen molar-refractivity contribution in [2.24, 2.45) is 0 Å². The van der Waals surface area contributed by atoms with Gasteiger partial charge < -0.3 is 8.92 Å². The summed E-state index contributed by atoms with van der Waals surface area (Å²) in [4.78, 5) is 16.0. The van der Waals surface area contributed by atoms with Crippen molar-refractivity contribution >= 4 is 5.65 Å². The van der Waals surface area contributed by atoms with Crippen molar-refractivity contribution in [3.8, 4) is 11.5 Å². The molecule has 4 aromatic rings. The minimum absolute atomic E-state index is 0.126. The summed E-state index contributed by atoms with van der Waals surface area (Å²) in [6, 6.07) is 9.95. The third-order valence-electron chi connectivity index (χ3n) is 5.00. The Bertz CT molecular complexity index is 1070. The molecule has 0 aromatic carbocycles. The predicted molar refractivity (Wildman–Crippen MR) is 99.8 cm³/mol. The Kier molecular flexibility index (Phi) is 3.94. The summed E-state index contributed by atoms with van der Waals surface area (Å²) in [7, 11) is 0. The van der Waals surface area contributed by atoms with E-state index in [2.05, 4.69) is 55.9 Å². The lowest BCUT2D eigenvalue weighted by Crippen LogP contribution is -2.23. The van der Waals surface area contributed by atoms with Gasteiger partial charge in [0.2, 0.25) is 11.7 Å². The maximum Gasteiger partial charge on any atom is 0.244 e. The van der Waals surface area contributed by atoms with Gasteiger partial charge in [-0.2, -0.15) is 4.98 Å². The molecule has 0 aliphatic carbocycles. The van der Waals surface area contributed by atoms with Gasteiger partial charge in [0, 0.05) is 25.1 Å². The topological polar surface area (TPSA) is 72.3 Å². The molecule has 1 aliphatic rings. The summed E-state index contributed by atoms with van der Waals surface area (Å²) in [5.74, 6) is 1.20. The van der Waals surface area contributed by atoms with Crippen LogP contribution >= 0.6 is 0 Å². The Balaban J connectivity index is 1.38. The number of aromatic nitrogens is 5. The van der Waals surface area contributed by atoms with Gasteiger partial charge >= 0.3 is 0 Å². The number of hydrogen-bond acceptors (Lipinski definition) is 6. The highest BCUT2D eigenvalue weighted by Crippen LogP contribution is 2.33. The van der Waals surface area contributed by atoms with E-state index in [9.17, 15) is 0 Å². The number of nitrogens with zero attached hydrogens (tertiary/aromatic N) is 6. The van der Waals surface area contributed by atoms with E-state index < -0.39 is 0 Å². The van der Waals surface area contributed by atoms with E-state index in [0.717, 1.165) is 43.0 Å². The van der Waals surface area contributed by atoms with Gasteiger partial charge in [0.15, 0.2) is 0 Å². The minimum Gasteiger partial charge on any atom is -0.337 e. The first-order valence-electron chi connectivity index (χ1n) is 9.19. The average molecular weight is 360 g/mol. The van der Waals surface area contributed by atoms with Crippen molar-refractivity contribution in [3.63, 3.8) is 0 Å². The van der Waals surface area contributed by atoms with Crippen molar-refractivity contribution in [2.45, 2.75) is 32.4 Å². The first kappa shape index (κ1) is 16.1. The molecule has 0 N–H and O–H groups in total. The number of imidazole rings is 1. The normalized spacial score (nSPS) is 17.7. The third kappa shape index (κ3) is 3.10. The zero-order valence-corrected chi connectivity index (χ0v) is 15.1. The van der Waals surface area contributed by atoms with E-state index in [1.165, 1.54) is 5.56 Å². The fourth-order valence-corrected chi connectivity index (χ4v) is 3.70. The number of hydrogen-bond donors (Lipinski definition) is 0. The van der Waals surface area contributed by atoms with Crippen molar-refractivity contribution in [2.75, 3.05) is 6.54 Å². The van der Waals surface area contributed by atoms with E-state index in [4.69, 9.17) is 9.51 Å². The zero-order valence-electron chi connectivity index (χ0n) is 15.1. The highest BCUT2D eigenvalue weighted by atomic mass is 16.5. The van der Waals surface area contributed by atoms with Crippen molar-refractivity contribution in [1.82, 2.24) is 29.4 Å². The number of likely N-dealkylation sites (tertiary alicyclic amines) is 1. The molecule has 1 saturated heterocycles. The largest absolute Gasteiger partial charge is 0.337 e. The van der Waals surface area contributed by atoms with Gasteiger partial charge in [-0.15, -0.1) is 0 Å². The Hall–Kier alpha value is -3.06. The van der Waals surface area contributed by atoms with Crippen LogP contribution in [-0.4, -0.2) is 36.0 Å². The molecule has 4 aromatic heterocycles.